The van der Waals surface area contributed by atoms with Crippen molar-refractivity contribution in [1.29, 1.82) is 0 Å². The van der Waals surface area contributed by atoms with Gasteiger partial charge in [0.15, 0.2) is 23.1 Å². The highest BCUT2D eigenvalue weighted by Crippen LogP contribution is 2.45. The Hall–Kier alpha value is -7.83. The van der Waals surface area contributed by atoms with Crippen molar-refractivity contribution >= 4 is 65.7 Å². The molecule has 8 aromatic carbocycles. The van der Waals surface area contributed by atoms with E-state index in [4.69, 9.17) is 23.8 Å². The minimum atomic E-state index is 0.547. The SMILES string of the molecule is c1ccc(-c2nc(-c3ccccc3)nc(-c3cccc4c3oc3cccc(-c5cccc6c5oc5c(-n7c8ccccc8c8ccccc87)cccc56)c34)n2)cc1. The minimum Gasteiger partial charge on any atom is -0.455 e. The molecule has 0 bridgehead atoms. The Morgan fingerprint density at radius 1 is 0.333 bits per heavy atom. The number of aromatic nitrogens is 4. The van der Waals surface area contributed by atoms with Crippen LogP contribution >= 0.6 is 0 Å². The Bertz CT molecular complexity index is 3410. The fourth-order valence-electron chi connectivity index (χ4n) is 8.55. The molecular weight excluding hydrogens is 701 g/mol. The molecule has 57 heavy (non-hydrogen) atoms. The zero-order chi connectivity index (χ0) is 37.5. The summed E-state index contributed by atoms with van der Waals surface area (Å²) >= 11 is 0. The van der Waals surface area contributed by atoms with E-state index in [-0.39, 0.29) is 0 Å². The van der Waals surface area contributed by atoms with Crippen LogP contribution in [0.4, 0.5) is 0 Å². The second-order valence-electron chi connectivity index (χ2n) is 14.3. The molecule has 0 radical (unpaired) electrons. The van der Waals surface area contributed by atoms with Gasteiger partial charge in [-0.3, -0.25) is 0 Å². The van der Waals surface area contributed by atoms with E-state index >= 15 is 0 Å². The second kappa shape index (κ2) is 12.3. The maximum absolute atomic E-state index is 7.05. The fraction of sp³-hybridized carbons (Fsp3) is 0. The van der Waals surface area contributed by atoms with Gasteiger partial charge in [-0.1, -0.05) is 152 Å². The summed E-state index contributed by atoms with van der Waals surface area (Å²) in [7, 11) is 0. The third kappa shape index (κ3) is 4.81. The van der Waals surface area contributed by atoms with E-state index in [1.54, 1.807) is 0 Å². The molecule has 0 saturated heterocycles. The van der Waals surface area contributed by atoms with Gasteiger partial charge in [0.05, 0.1) is 22.3 Å². The maximum Gasteiger partial charge on any atom is 0.167 e. The molecule has 0 aliphatic rings. The molecule has 12 aromatic rings. The van der Waals surface area contributed by atoms with Crippen LogP contribution in [-0.4, -0.2) is 19.5 Å². The van der Waals surface area contributed by atoms with Crippen LogP contribution in [0, 0.1) is 0 Å². The zero-order valence-corrected chi connectivity index (χ0v) is 30.4. The molecule has 12 rings (SSSR count). The standard InChI is InChI=1S/C51H30N4O2/c1-3-15-31(16-4-1)49-52-50(32-17-5-2-6-18-32)54-51(53-49)40-26-12-25-39-45-35(21-14-30-44(45)56-47(39)40)36-22-11-23-37-38-24-13-29-43(48(38)57-46(36)37)55-41-27-9-7-19-33(41)34-20-8-10-28-42(34)55/h1-30H. The van der Waals surface area contributed by atoms with Crippen molar-refractivity contribution in [3.8, 4) is 51.0 Å². The van der Waals surface area contributed by atoms with Gasteiger partial charge < -0.3 is 13.4 Å². The van der Waals surface area contributed by atoms with E-state index in [9.17, 15) is 0 Å². The molecule has 6 heteroatoms. The Balaban J connectivity index is 1.07. The van der Waals surface area contributed by atoms with Gasteiger partial charge in [-0.25, -0.2) is 15.0 Å². The molecular formula is C51H30N4O2. The van der Waals surface area contributed by atoms with Crippen LogP contribution in [-0.2, 0) is 0 Å². The van der Waals surface area contributed by atoms with Crippen molar-refractivity contribution in [1.82, 2.24) is 19.5 Å². The van der Waals surface area contributed by atoms with Gasteiger partial charge in [-0.05, 0) is 35.9 Å². The average molecular weight is 731 g/mol. The van der Waals surface area contributed by atoms with Gasteiger partial charge in [0.2, 0.25) is 0 Å². The summed E-state index contributed by atoms with van der Waals surface area (Å²) in [4.78, 5) is 15.0. The van der Waals surface area contributed by atoms with Crippen molar-refractivity contribution in [3.63, 3.8) is 0 Å². The highest BCUT2D eigenvalue weighted by Gasteiger charge is 2.23. The van der Waals surface area contributed by atoms with E-state index in [1.165, 1.54) is 10.8 Å². The molecule has 266 valence electrons. The van der Waals surface area contributed by atoms with Crippen LogP contribution in [0.2, 0.25) is 0 Å². The predicted octanol–water partition coefficient (Wildman–Crippen LogP) is 13.4. The average Bonchev–Trinajstić information content (AvgIpc) is 3.97. The molecule has 0 amide bonds. The largest absolute Gasteiger partial charge is 0.455 e. The minimum absolute atomic E-state index is 0.547. The van der Waals surface area contributed by atoms with Gasteiger partial charge in [-0.2, -0.15) is 0 Å². The number of hydrogen-bond donors (Lipinski definition) is 0. The molecule has 0 fully saturated rings. The molecule has 0 unspecified atom stereocenters. The summed E-state index contributed by atoms with van der Waals surface area (Å²) in [6.45, 7) is 0. The number of nitrogens with zero attached hydrogens (tertiary/aromatic N) is 4. The lowest BCUT2D eigenvalue weighted by molar-refractivity contribution is 0.667. The molecule has 4 aromatic heterocycles. The van der Waals surface area contributed by atoms with Gasteiger partial charge in [0.25, 0.3) is 0 Å². The van der Waals surface area contributed by atoms with E-state index < -0.39 is 0 Å². The highest BCUT2D eigenvalue weighted by atomic mass is 16.3. The number of para-hydroxylation sites is 5. The summed E-state index contributed by atoms with van der Waals surface area (Å²) in [5, 5.41) is 6.53. The van der Waals surface area contributed by atoms with Crippen LogP contribution < -0.4 is 0 Å². The van der Waals surface area contributed by atoms with Gasteiger partial charge >= 0.3 is 0 Å². The first-order valence-corrected chi connectivity index (χ1v) is 19.0. The van der Waals surface area contributed by atoms with Crippen molar-refractivity contribution in [2.24, 2.45) is 0 Å². The molecule has 0 saturated carbocycles. The van der Waals surface area contributed by atoms with Crippen LogP contribution in [0.5, 0.6) is 0 Å². The van der Waals surface area contributed by atoms with E-state index in [0.29, 0.717) is 17.5 Å². The number of fused-ring (bicyclic) bond motifs is 9. The first kappa shape index (κ1) is 31.5. The lowest BCUT2D eigenvalue weighted by atomic mass is 9.97. The Morgan fingerprint density at radius 2 is 0.825 bits per heavy atom. The van der Waals surface area contributed by atoms with Crippen LogP contribution in [0.3, 0.4) is 0 Å². The zero-order valence-electron chi connectivity index (χ0n) is 30.4. The van der Waals surface area contributed by atoms with Gasteiger partial charge in [0.1, 0.15) is 16.7 Å². The third-order valence-electron chi connectivity index (χ3n) is 11.1. The van der Waals surface area contributed by atoms with Crippen molar-refractivity contribution in [2.45, 2.75) is 0 Å². The molecule has 0 N–H and O–H groups in total. The lowest BCUT2D eigenvalue weighted by Gasteiger charge is -2.09. The molecule has 4 heterocycles. The highest BCUT2D eigenvalue weighted by molar-refractivity contribution is 6.19. The summed E-state index contributed by atoms with van der Waals surface area (Å²) in [5.41, 5.74) is 11.1. The number of rotatable bonds is 5. The first-order valence-electron chi connectivity index (χ1n) is 19.0. The Labute approximate surface area is 325 Å². The summed E-state index contributed by atoms with van der Waals surface area (Å²) < 4.78 is 16.2. The van der Waals surface area contributed by atoms with Gasteiger partial charge in [-0.15, -0.1) is 0 Å². The summed E-state index contributed by atoms with van der Waals surface area (Å²) in [5.74, 6) is 1.75. The fourth-order valence-corrected chi connectivity index (χ4v) is 8.55. The quantitative estimate of drug-likeness (QED) is 0.176. The van der Waals surface area contributed by atoms with Crippen molar-refractivity contribution in [3.05, 3.63) is 182 Å². The first-order chi connectivity index (χ1) is 28.3. The number of hydrogen-bond acceptors (Lipinski definition) is 5. The number of benzene rings is 8. The third-order valence-corrected chi connectivity index (χ3v) is 11.1. The number of furan rings is 2. The van der Waals surface area contributed by atoms with Crippen molar-refractivity contribution < 1.29 is 8.83 Å². The lowest BCUT2D eigenvalue weighted by Crippen LogP contribution is -2.00. The summed E-state index contributed by atoms with van der Waals surface area (Å²) in [6.07, 6.45) is 0. The monoisotopic (exact) mass is 730 g/mol. The molecule has 0 aliphatic carbocycles. The van der Waals surface area contributed by atoms with Crippen LogP contribution in [0.15, 0.2) is 191 Å². The van der Waals surface area contributed by atoms with Crippen LogP contribution in [0.25, 0.3) is 117 Å². The van der Waals surface area contributed by atoms with Crippen LogP contribution in [0.1, 0.15) is 0 Å². The Kier molecular flexibility index (Phi) is 6.83. The molecule has 6 nitrogen and oxygen atoms in total. The van der Waals surface area contributed by atoms with E-state index in [0.717, 1.165) is 88.4 Å². The smallest absolute Gasteiger partial charge is 0.167 e. The summed E-state index contributed by atoms with van der Waals surface area (Å²) in [6, 6.07) is 62.5. The maximum atomic E-state index is 7.05. The molecule has 0 aliphatic heterocycles. The topological polar surface area (TPSA) is 69.9 Å². The Morgan fingerprint density at radius 3 is 1.51 bits per heavy atom. The molecule has 0 atom stereocenters. The van der Waals surface area contributed by atoms with Crippen molar-refractivity contribution in [2.75, 3.05) is 0 Å². The predicted molar refractivity (Wildman–Crippen MR) is 230 cm³/mol. The van der Waals surface area contributed by atoms with E-state index in [1.807, 2.05) is 72.8 Å². The van der Waals surface area contributed by atoms with E-state index in [2.05, 4.69) is 114 Å². The second-order valence-corrected chi connectivity index (χ2v) is 14.3. The normalized spacial score (nSPS) is 11.9. The molecule has 0 spiro atoms. The van der Waals surface area contributed by atoms with Gasteiger partial charge in [0, 0.05) is 49.0 Å².